The van der Waals surface area contributed by atoms with E-state index < -0.39 is 0 Å². The molecule has 0 unspecified atom stereocenters. The van der Waals surface area contributed by atoms with E-state index in [4.69, 9.17) is 9.40 Å². The third-order valence-electron chi connectivity index (χ3n) is 4.11. The maximum Gasteiger partial charge on any atom is 0.172 e. The fourth-order valence-corrected chi connectivity index (χ4v) is 2.97. The van der Waals surface area contributed by atoms with Crippen molar-refractivity contribution in [2.24, 2.45) is 0 Å². The molecule has 0 bridgehead atoms. The molecule has 2 heterocycles. The van der Waals surface area contributed by atoms with Gasteiger partial charge in [0.25, 0.3) is 0 Å². The van der Waals surface area contributed by atoms with Gasteiger partial charge in [0.1, 0.15) is 11.1 Å². The van der Waals surface area contributed by atoms with E-state index in [0.717, 1.165) is 33.0 Å². The highest BCUT2D eigenvalue weighted by Crippen LogP contribution is 2.31. The van der Waals surface area contributed by atoms with Crippen molar-refractivity contribution in [2.45, 2.75) is 0 Å². The van der Waals surface area contributed by atoms with E-state index in [1.807, 2.05) is 42.5 Å². The number of furan rings is 1. The highest BCUT2D eigenvalue weighted by molar-refractivity contribution is 6.08. The number of benzene rings is 3. The summed E-state index contributed by atoms with van der Waals surface area (Å²) < 4.78 is 5.93. The van der Waals surface area contributed by atoms with Gasteiger partial charge in [0.2, 0.25) is 0 Å². The van der Waals surface area contributed by atoms with Gasteiger partial charge in [0, 0.05) is 10.9 Å². The molecule has 3 nitrogen and oxygen atoms in total. The van der Waals surface area contributed by atoms with Gasteiger partial charge in [-0.1, -0.05) is 54.6 Å². The minimum absolute atomic E-state index is 0.717. The second-order valence-electron chi connectivity index (χ2n) is 5.57. The van der Waals surface area contributed by atoms with Gasteiger partial charge in [0.15, 0.2) is 11.4 Å². The molecule has 5 aromatic rings. The molecule has 0 radical (unpaired) electrons. The highest BCUT2D eigenvalue weighted by atomic mass is 16.3. The van der Waals surface area contributed by atoms with Crippen LogP contribution < -0.4 is 0 Å². The molecule has 0 atom stereocenters. The minimum atomic E-state index is 0.717. The first-order chi connectivity index (χ1) is 11.4. The lowest BCUT2D eigenvalue weighted by atomic mass is 10.1. The number of rotatable bonds is 1. The Labute approximate surface area is 132 Å². The number of aromatic nitrogens is 2. The maximum atomic E-state index is 5.93. The zero-order valence-corrected chi connectivity index (χ0v) is 12.2. The van der Waals surface area contributed by atoms with E-state index in [0.29, 0.717) is 5.82 Å². The molecule has 0 spiro atoms. The fraction of sp³-hybridized carbons (Fsp3) is 0. The van der Waals surface area contributed by atoms with Crippen molar-refractivity contribution in [1.29, 1.82) is 0 Å². The predicted octanol–water partition coefficient (Wildman–Crippen LogP) is 5.20. The van der Waals surface area contributed by atoms with Gasteiger partial charge in [0.05, 0.1) is 6.20 Å². The molecule has 0 N–H and O–H groups in total. The Hall–Kier alpha value is -3.20. The lowest BCUT2D eigenvalue weighted by Gasteiger charge is -1.99. The van der Waals surface area contributed by atoms with Crippen LogP contribution in [0.25, 0.3) is 44.2 Å². The smallest absolute Gasteiger partial charge is 0.172 e. The van der Waals surface area contributed by atoms with Crippen molar-refractivity contribution in [3.05, 3.63) is 72.9 Å². The van der Waals surface area contributed by atoms with Crippen LogP contribution in [0.5, 0.6) is 0 Å². The second-order valence-corrected chi connectivity index (χ2v) is 5.57. The first kappa shape index (κ1) is 12.4. The summed E-state index contributed by atoms with van der Waals surface area (Å²) in [6.07, 6.45) is 1.76. The second kappa shape index (κ2) is 4.65. The molecule has 0 saturated carbocycles. The van der Waals surface area contributed by atoms with Crippen LogP contribution in [0.2, 0.25) is 0 Å². The first-order valence-corrected chi connectivity index (χ1v) is 7.52. The van der Waals surface area contributed by atoms with E-state index in [1.54, 1.807) is 6.20 Å². The summed E-state index contributed by atoms with van der Waals surface area (Å²) in [5.74, 6) is 0.717. The quantitative estimate of drug-likeness (QED) is 0.427. The van der Waals surface area contributed by atoms with E-state index >= 15 is 0 Å². The summed E-state index contributed by atoms with van der Waals surface area (Å²) in [5, 5.41) is 3.37. The van der Waals surface area contributed by atoms with Crippen LogP contribution in [-0.2, 0) is 0 Å². The number of hydrogen-bond acceptors (Lipinski definition) is 3. The zero-order chi connectivity index (χ0) is 15.2. The molecule has 0 amide bonds. The van der Waals surface area contributed by atoms with Gasteiger partial charge in [-0.25, -0.2) is 9.97 Å². The molecular weight excluding hydrogens is 284 g/mol. The summed E-state index contributed by atoms with van der Waals surface area (Å²) in [6, 6.07) is 22.5. The molecule has 0 fully saturated rings. The molecule has 23 heavy (non-hydrogen) atoms. The van der Waals surface area contributed by atoms with Gasteiger partial charge < -0.3 is 4.42 Å². The van der Waals surface area contributed by atoms with Crippen molar-refractivity contribution in [3.8, 4) is 11.4 Å². The van der Waals surface area contributed by atoms with Gasteiger partial charge in [-0.2, -0.15) is 0 Å². The van der Waals surface area contributed by atoms with Crippen LogP contribution in [0.15, 0.2) is 77.3 Å². The number of nitrogens with zero attached hydrogens (tertiary/aromatic N) is 2. The minimum Gasteiger partial charge on any atom is -0.453 e. The lowest BCUT2D eigenvalue weighted by Crippen LogP contribution is -1.87. The van der Waals surface area contributed by atoms with Crippen LogP contribution in [0.1, 0.15) is 0 Å². The molecule has 3 aromatic carbocycles. The van der Waals surface area contributed by atoms with Gasteiger partial charge >= 0.3 is 0 Å². The first-order valence-electron chi connectivity index (χ1n) is 7.52. The average Bonchev–Trinajstić information content (AvgIpc) is 2.97. The van der Waals surface area contributed by atoms with E-state index in [-0.39, 0.29) is 0 Å². The third-order valence-corrected chi connectivity index (χ3v) is 4.11. The van der Waals surface area contributed by atoms with Crippen molar-refractivity contribution >= 4 is 32.8 Å². The normalized spacial score (nSPS) is 11.5. The van der Waals surface area contributed by atoms with Crippen molar-refractivity contribution in [1.82, 2.24) is 9.97 Å². The highest BCUT2D eigenvalue weighted by Gasteiger charge is 2.11. The molecule has 108 valence electrons. The molecule has 5 rings (SSSR count). The number of hydrogen-bond donors (Lipinski definition) is 0. The van der Waals surface area contributed by atoms with Crippen LogP contribution in [-0.4, -0.2) is 9.97 Å². The standard InChI is InChI=1S/C20H12N2O/c1-2-6-13(7-3-1)20-21-12-18-19(22-20)16-10-14-8-4-5-9-15(14)11-17(16)23-18/h1-12H. The van der Waals surface area contributed by atoms with Crippen LogP contribution in [0.4, 0.5) is 0 Å². The molecule has 0 aliphatic heterocycles. The lowest BCUT2D eigenvalue weighted by molar-refractivity contribution is 0.666. The van der Waals surface area contributed by atoms with Gasteiger partial charge in [-0.15, -0.1) is 0 Å². The molecule has 0 saturated heterocycles. The Morgan fingerprint density at radius 3 is 2.30 bits per heavy atom. The zero-order valence-electron chi connectivity index (χ0n) is 12.2. The largest absolute Gasteiger partial charge is 0.453 e. The summed E-state index contributed by atoms with van der Waals surface area (Å²) in [6.45, 7) is 0. The molecule has 0 aliphatic rings. The van der Waals surface area contributed by atoms with Crippen molar-refractivity contribution in [2.75, 3.05) is 0 Å². The topological polar surface area (TPSA) is 38.9 Å². The van der Waals surface area contributed by atoms with Crippen LogP contribution in [0, 0.1) is 0 Å². The van der Waals surface area contributed by atoms with Gasteiger partial charge in [-0.05, 0) is 22.9 Å². The summed E-state index contributed by atoms with van der Waals surface area (Å²) in [5.41, 5.74) is 3.43. The number of fused-ring (bicyclic) bond motifs is 4. The molecule has 3 heteroatoms. The summed E-state index contributed by atoms with van der Waals surface area (Å²) in [7, 11) is 0. The summed E-state index contributed by atoms with van der Waals surface area (Å²) >= 11 is 0. The predicted molar refractivity (Wildman–Crippen MR) is 92.3 cm³/mol. The monoisotopic (exact) mass is 296 g/mol. The van der Waals surface area contributed by atoms with E-state index in [1.165, 1.54) is 5.39 Å². The van der Waals surface area contributed by atoms with E-state index in [2.05, 4.69) is 29.2 Å². The Kier molecular flexibility index (Phi) is 2.50. The molecule has 2 aromatic heterocycles. The molecule has 0 aliphatic carbocycles. The van der Waals surface area contributed by atoms with Gasteiger partial charge in [-0.3, -0.25) is 0 Å². The van der Waals surface area contributed by atoms with Crippen molar-refractivity contribution < 1.29 is 4.42 Å². The van der Waals surface area contributed by atoms with Crippen molar-refractivity contribution in [3.63, 3.8) is 0 Å². The van der Waals surface area contributed by atoms with Crippen LogP contribution >= 0.6 is 0 Å². The third kappa shape index (κ3) is 1.90. The summed E-state index contributed by atoms with van der Waals surface area (Å²) in [4.78, 5) is 9.17. The fourth-order valence-electron chi connectivity index (χ4n) is 2.97. The van der Waals surface area contributed by atoms with E-state index in [9.17, 15) is 0 Å². The molecular formula is C20H12N2O. The Balaban J connectivity index is 1.84. The Bertz CT molecular complexity index is 1160. The average molecular weight is 296 g/mol. The van der Waals surface area contributed by atoms with Crippen LogP contribution in [0.3, 0.4) is 0 Å². The Morgan fingerprint density at radius 1 is 0.739 bits per heavy atom. The maximum absolute atomic E-state index is 5.93. The SMILES string of the molecule is c1ccc(-c2ncc3oc4cc5ccccc5cc4c3n2)cc1. The Morgan fingerprint density at radius 2 is 1.48 bits per heavy atom.